The molecule has 0 spiro atoms. The third-order valence-corrected chi connectivity index (χ3v) is 3.80. The number of nitrogens with two attached hydrogens (primary N) is 1. The van der Waals surface area contributed by atoms with Crippen molar-refractivity contribution in [1.29, 1.82) is 0 Å². The molecule has 1 aliphatic carbocycles. The normalized spacial score (nSPS) is 14.2. The predicted octanol–water partition coefficient (Wildman–Crippen LogP) is 2.54. The molecule has 1 amide bonds. The molecule has 3 N–H and O–H groups in total. The van der Waals surface area contributed by atoms with Crippen molar-refractivity contribution in [1.82, 2.24) is 9.88 Å². The number of rotatable bonds is 5. The first-order chi connectivity index (χ1) is 10.2. The lowest BCUT2D eigenvalue weighted by Gasteiger charge is -2.21. The molecule has 5 nitrogen and oxygen atoms in total. The van der Waals surface area contributed by atoms with Gasteiger partial charge in [-0.1, -0.05) is 25.1 Å². The van der Waals surface area contributed by atoms with Crippen molar-refractivity contribution < 1.29 is 4.79 Å². The maximum Gasteiger partial charge on any atom is 0.272 e. The van der Waals surface area contributed by atoms with Crippen LogP contribution in [0, 0.1) is 0 Å². The Morgan fingerprint density at radius 1 is 1.43 bits per heavy atom. The fourth-order valence-electron chi connectivity index (χ4n) is 2.63. The molecule has 0 radical (unpaired) electrons. The van der Waals surface area contributed by atoms with Crippen LogP contribution in [-0.4, -0.2) is 28.4 Å². The van der Waals surface area contributed by atoms with Crippen LogP contribution in [0.3, 0.4) is 0 Å². The standard InChI is InChI=1S/C16H20N4O/c1-2-9-20(11-7-8-11)16(21)15-10-14(19-17)12-5-3-4-6-13(12)18-15/h3-6,10-11H,2,7-9,17H2,1H3,(H,18,19). The molecule has 1 fully saturated rings. The molecule has 0 bridgehead atoms. The minimum atomic E-state index is 0.00148. The van der Waals surface area contributed by atoms with Crippen molar-refractivity contribution in [3.63, 3.8) is 0 Å². The fourth-order valence-corrected chi connectivity index (χ4v) is 2.63. The van der Waals surface area contributed by atoms with Gasteiger partial charge in [-0.15, -0.1) is 0 Å². The average Bonchev–Trinajstić information content (AvgIpc) is 3.35. The average molecular weight is 284 g/mol. The van der Waals surface area contributed by atoms with Gasteiger partial charge < -0.3 is 10.3 Å². The molecule has 1 heterocycles. The summed E-state index contributed by atoms with van der Waals surface area (Å²) in [6.45, 7) is 2.87. The largest absolute Gasteiger partial charge is 0.334 e. The maximum absolute atomic E-state index is 12.7. The number of fused-ring (bicyclic) bond motifs is 1. The van der Waals surface area contributed by atoms with E-state index in [1.54, 1.807) is 6.07 Å². The molecule has 21 heavy (non-hydrogen) atoms. The number of pyridine rings is 1. The summed E-state index contributed by atoms with van der Waals surface area (Å²) in [5, 5.41) is 0.921. The Morgan fingerprint density at radius 2 is 2.19 bits per heavy atom. The highest BCUT2D eigenvalue weighted by Crippen LogP contribution is 2.29. The van der Waals surface area contributed by atoms with Gasteiger partial charge in [0.2, 0.25) is 0 Å². The number of nitrogens with zero attached hydrogens (tertiary/aromatic N) is 2. The van der Waals surface area contributed by atoms with Crippen molar-refractivity contribution in [2.24, 2.45) is 5.84 Å². The summed E-state index contributed by atoms with van der Waals surface area (Å²) < 4.78 is 0. The zero-order valence-electron chi connectivity index (χ0n) is 12.2. The molecular formula is C16H20N4O. The summed E-state index contributed by atoms with van der Waals surface area (Å²) in [5.74, 6) is 5.59. The number of carbonyl (C=O) groups is 1. The highest BCUT2D eigenvalue weighted by Gasteiger charge is 2.33. The van der Waals surface area contributed by atoms with Crippen LogP contribution in [0.25, 0.3) is 10.9 Å². The van der Waals surface area contributed by atoms with Gasteiger partial charge in [-0.05, 0) is 31.4 Å². The van der Waals surface area contributed by atoms with Gasteiger partial charge in [-0.25, -0.2) is 4.98 Å². The Morgan fingerprint density at radius 3 is 2.86 bits per heavy atom. The SMILES string of the molecule is CCCN(C(=O)c1cc(NN)c2ccccc2n1)C1CC1. The smallest absolute Gasteiger partial charge is 0.272 e. The van der Waals surface area contributed by atoms with Crippen molar-refractivity contribution in [3.05, 3.63) is 36.0 Å². The van der Waals surface area contributed by atoms with Crippen molar-refractivity contribution in [3.8, 4) is 0 Å². The minimum Gasteiger partial charge on any atom is -0.334 e. The summed E-state index contributed by atoms with van der Waals surface area (Å²) in [6.07, 6.45) is 3.15. The van der Waals surface area contributed by atoms with Crippen LogP contribution in [0.4, 0.5) is 5.69 Å². The number of amides is 1. The number of nitrogen functional groups attached to an aromatic ring is 1. The number of carbonyl (C=O) groups excluding carboxylic acids is 1. The monoisotopic (exact) mass is 284 g/mol. The number of hydrazine groups is 1. The number of aromatic nitrogens is 1. The van der Waals surface area contributed by atoms with E-state index in [0.29, 0.717) is 11.7 Å². The van der Waals surface area contributed by atoms with Crippen LogP contribution in [0.2, 0.25) is 0 Å². The minimum absolute atomic E-state index is 0.00148. The van der Waals surface area contributed by atoms with Crippen molar-refractivity contribution in [2.75, 3.05) is 12.0 Å². The summed E-state index contributed by atoms with van der Waals surface area (Å²) in [5.41, 5.74) is 4.64. The first-order valence-corrected chi connectivity index (χ1v) is 7.42. The van der Waals surface area contributed by atoms with Crippen molar-refractivity contribution >= 4 is 22.5 Å². The lowest BCUT2D eigenvalue weighted by atomic mass is 10.1. The van der Waals surface area contributed by atoms with E-state index in [9.17, 15) is 4.79 Å². The van der Waals surface area contributed by atoms with E-state index in [2.05, 4.69) is 17.3 Å². The molecule has 2 aromatic rings. The molecule has 3 rings (SSSR count). The molecule has 0 saturated heterocycles. The number of benzene rings is 1. The lowest BCUT2D eigenvalue weighted by Crippen LogP contribution is -2.34. The molecule has 0 aliphatic heterocycles. The van der Waals surface area contributed by atoms with Gasteiger partial charge in [0.1, 0.15) is 5.69 Å². The zero-order valence-corrected chi connectivity index (χ0v) is 12.2. The van der Waals surface area contributed by atoms with E-state index in [4.69, 9.17) is 5.84 Å². The molecule has 1 aromatic carbocycles. The fraction of sp³-hybridized carbons (Fsp3) is 0.375. The molecule has 0 unspecified atom stereocenters. The Hall–Kier alpha value is -2.14. The highest BCUT2D eigenvalue weighted by atomic mass is 16.2. The summed E-state index contributed by atoms with van der Waals surface area (Å²) in [7, 11) is 0. The van der Waals surface area contributed by atoms with Crippen LogP contribution in [0.1, 0.15) is 36.7 Å². The van der Waals surface area contributed by atoms with Gasteiger partial charge in [0.15, 0.2) is 0 Å². The van der Waals surface area contributed by atoms with Gasteiger partial charge in [-0.3, -0.25) is 10.6 Å². The van der Waals surface area contributed by atoms with E-state index in [1.807, 2.05) is 29.2 Å². The Balaban J connectivity index is 2.01. The third kappa shape index (κ3) is 2.69. The van der Waals surface area contributed by atoms with Crippen LogP contribution in [-0.2, 0) is 0 Å². The first-order valence-electron chi connectivity index (χ1n) is 7.42. The van der Waals surface area contributed by atoms with E-state index < -0.39 is 0 Å². The Kier molecular flexibility index (Phi) is 3.75. The number of para-hydroxylation sites is 1. The first kappa shape index (κ1) is 13.8. The van der Waals surface area contributed by atoms with Gasteiger partial charge >= 0.3 is 0 Å². The highest BCUT2D eigenvalue weighted by molar-refractivity contribution is 5.99. The quantitative estimate of drug-likeness (QED) is 0.654. The molecule has 110 valence electrons. The van der Waals surface area contributed by atoms with Crippen LogP contribution < -0.4 is 11.3 Å². The molecule has 0 atom stereocenters. The number of hydrogen-bond donors (Lipinski definition) is 2. The van der Waals surface area contributed by atoms with E-state index in [1.165, 1.54) is 0 Å². The molecular weight excluding hydrogens is 264 g/mol. The Bertz CT molecular complexity index is 666. The molecule has 5 heteroatoms. The molecule has 1 aromatic heterocycles. The lowest BCUT2D eigenvalue weighted by molar-refractivity contribution is 0.0737. The second kappa shape index (κ2) is 5.69. The summed E-state index contributed by atoms with van der Waals surface area (Å²) >= 11 is 0. The van der Waals surface area contributed by atoms with E-state index >= 15 is 0 Å². The summed E-state index contributed by atoms with van der Waals surface area (Å²) in [6, 6.07) is 9.81. The zero-order chi connectivity index (χ0) is 14.8. The maximum atomic E-state index is 12.7. The van der Waals surface area contributed by atoms with Crippen LogP contribution >= 0.6 is 0 Å². The topological polar surface area (TPSA) is 71.2 Å². The predicted molar refractivity (Wildman–Crippen MR) is 83.9 cm³/mol. The number of nitrogens with one attached hydrogen (secondary N) is 1. The number of hydrogen-bond acceptors (Lipinski definition) is 4. The van der Waals surface area contributed by atoms with Crippen LogP contribution in [0.5, 0.6) is 0 Å². The second-order valence-corrected chi connectivity index (χ2v) is 5.45. The van der Waals surface area contributed by atoms with Gasteiger partial charge in [-0.2, -0.15) is 0 Å². The molecule has 1 aliphatic rings. The molecule has 1 saturated carbocycles. The summed E-state index contributed by atoms with van der Waals surface area (Å²) in [4.78, 5) is 19.2. The van der Waals surface area contributed by atoms with Gasteiger partial charge in [0, 0.05) is 18.0 Å². The van der Waals surface area contributed by atoms with Gasteiger partial charge in [0.25, 0.3) is 5.91 Å². The van der Waals surface area contributed by atoms with E-state index in [0.717, 1.165) is 42.4 Å². The second-order valence-electron chi connectivity index (χ2n) is 5.45. The van der Waals surface area contributed by atoms with Crippen LogP contribution in [0.15, 0.2) is 30.3 Å². The van der Waals surface area contributed by atoms with Gasteiger partial charge in [0.05, 0.1) is 11.2 Å². The van der Waals surface area contributed by atoms with E-state index in [-0.39, 0.29) is 5.91 Å². The van der Waals surface area contributed by atoms with Crippen molar-refractivity contribution in [2.45, 2.75) is 32.2 Å². The number of anilines is 1. The Labute approximate surface area is 124 Å². The third-order valence-electron chi connectivity index (χ3n) is 3.80.